The molecule has 1 heterocycles. The highest BCUT2D eigenvalue weighted by Gasteiger charge is 2.13. The van der Waals surface area contributed by atoms with Crippen LogP contribution < -0.4 is 5.32 Å². The van der Waals surface area contributed by atoms with Crippen molar-refractivity contribution >= 4 is 29.2 Å². The van der Waals surface area contributed by atoms with Crippen LogP contribution >= 0.6 is 11.6 Å². The molecule has 0 bridgehead atoms. The number of furan rings is 1. The summed E-state index contributed by atoms with van der Waals surface area (Å²) in [5.41, 5.74) is 1.73. The van der Waals surface area contributed by atoms with E-state index in [1.165, 1.54) is 7.11 Å². The first-order chi connectivity index (χ1) is 12.1. The monoisotopic (exact) mass is 355 g/mol. The van der Waals surface area contributed by atoms with Crippen molar-refractivity contribution in [3.8, 4) is 11.3 Å². The Morgan fingerprint density at radius 1 is 1.04 bits per heavy atom. The van der Waals surface area contributed by atoms with E-state index >= 15 is 0 Å². The van der Waals surface area contributed by atoms with Crippen LogP contribution in [-0.4, -0.2) is 19.0 Å². The van der Waals surface area contributed by atoms with Gasteiger partial charge in [-0.25, -0.2) is 4.79 Å². The Balaban J connectivity index is 1.73. The number of nitrogens with one attached hydrogen (secondary N) is 1. The molecular weight excluding hydrogens is 342 g/mol. The molecule has 0 saturated heterocycles. The number of ether oxygens (including phenoxy) is 1. The third-order valence-corrected chi connectivity index (χ3v) is 3.74. The van der Waals surface area contributed by atoms with Crippen molar-refractivity contribution in [2.24, 2.45) is 0 Å². The van der Waals surface area contributed by atoms with Gasteiger partial charge in [0.25, 0.3) is 5.91 Å². The molecule has 0 aliphatic rings. The maximum atomic E-state index is 12.3. The van der Waals surface area contributed by atoms with Gasteiger partial charge in [-0.3, -0.25) is 4.79 Å². The smallest absolute Gasteiger partial charge is 0.337 e. The summed E-state index contributed by atoms with van der Waals surface area (Å²) in [5, 5.41) is 3.30. The Hall–Kier alpha value is -3.05. The van der Waals surface area contributed by atoms with E-state index in [1.54, 1.807) is 48.5 Å². The van der Waals surface area contributed by atoms with Gasteiger partial charge in [-0.15, -0.1) is 0 Å². The summed E-state index contributed by atoms with van der Waals surface area (Å²) in [4.78, 5) is 23.7. The van der Waals surface area contributed by atoms with Gasteiger partial charge in [-0.05, 0) is 48.5 Å². The Bertz CT molecular complexity index is 915. The lowest BCUT2D eigenvalue weighted by Gasteiger charge is -2.04. The highest BCUT2D eigenvalue weighted by Crippen LogP contribution is 2.25. The van der Waals surface area contributed by atoms with E-state index in [2.05, 4.69) is 10.1 Å². The number of carbonyl (C=O) groups is 2. The Kier molecular flexibility index (Phi) is 4.86. The standard InChI is InChI=1S/C19H14ClNO4/c1-24-19(23)12-5-7-15(8-6-12)21-18(22)17-10-9-16(25-17)13-3-2-4-14(20)11-13/h2-11H,1H3,(H,21,22). The van der Waals surface area contributed by atoms with E-state index < -0.39 is 5.97 Å². The number of carbonyl (C=O) groups excluding carboxylic acids is 2. The van der Waals surface area contributed by atoms with Crippen molar-refractivity contribution in [1.82, 2.24) is 0 Å². The zero-order valence-electron chi connectivity index (χ0n) is 13.3. The fourth-order valence-corrected chi connectivity index (χ4v) is 2.45. The van der Waals surface area contributed by atoms with Crippen LogP contribution in [0.15, 0.2) is 65.1 Å². The van der Waals surface area contributed by atoms with Gasteiger partial charge in [0.2, 0.25) is 0 Å². The van der Waals surface area contributed by atoms with E-state index in [4.69, 9.17) is 16.0 Å². The minimum atomic E-state index is -0.435. The Labute approximate surface area is 149 Å². The van der Waals surface area contributed by atoms with Crippen LogP contribution in [0.5, 0.6) is 0 Å². The first-order valence-corrected chi connectivity index (χ1v) is 7.80. The van der Waals surface area contributed by atoms with Gasteiger partial charge in [0.1, 0.15) is 5.76 Å². The minimum absolute atomic E-state index is 0.173. The predicted octanol–water partition coefficient (Wildman–Crippen LogP) is 4.64. The maximum Gasteiger partial charge on any atom is 0.337 e. The molecule has 0 atom stereocenters. The van der Waals surface area contributed by atoms with Gasteiger partial charge in [0, 0.05) is 16.3 Å². The molecule has 0 saturated carbocycles. The molecule has 1 aromatic heterocycles. The van der Waals surface area contributed by atoms with Crippen molar-refractivity contribution in [3.63, 3.8) is 0 Å². The highest BCUT2D eigenvalue weighted by atomic mass is 35.5. The maximum absolute atomic E-state index is 12.3. The molecule has 5 nitrogen and oxygen atoms in total. The summed E-state index contributed by atoms with van der Waals surface area (Å²) >= 11 is 5.96. The molecule has 2 aromatic carbocycles. The number of rotatable bonds is 4. The molecule has 1 N–H and O–H groups in total. The molecule has 3 rings (SSSR count). The van der Waals surface area contributed by atoms with Crippen LogP contribution in [-0.2, 0) is 4.74 Å². The van der Waals surface area contributed by atoms with Crippen molar-refractivity contribution in [2.45, 2.75) is 0 Å². The zero-order chi connectivity index (χ0) is 17.8. The first-order valence-electron chi connectivity index (χ1n) is 7.42. The average molecular weight is 356 g/mol. The molecular formula is C19H14ClNO4. The van der Waals surface area contributed by atoms with E-state index in [-0.39, 0.29) is 11.7 Å². The lowest BCUT2D eigenvalue weighted by atomic mass is 10.2. The number of halogens is 1. The quantitative estimate of drug-likeness (QED) is 0.692. The van der Waals surface area contributed by atoms with Crippen LogP contribution in [0.2, 0.25) is 5.02 Å². The van der Waals surface area contributed by atoms with Gasteiger partial charge in [0.15, 0.2) is 5.76 Å². The number of hydrogen-bond acceptors (Lipinski definition) is 4. The third-order valence-electron chi connectivity index (χ3n) is 3.50. The van der Waals surface area contributed by atoms with Crippen LogP contribution in [0.3, 0.4) is 0 Å². The van der Waals surface area contributed by atoms with Gasteiger partial charge in [-0.1, -0.05) is 23.7 Å². The molecule has 0 unspecified atom stereocenters. The number of hydrogen-bond donors (Lipinski definition) is 1. The third kappa shape index (κ3) is 3.89. The van der Waals surface area contributed by atoms with Gasteiger partial charge >= 0.3 is 5.97 Å². The molecule has 3 aromatic rings. The molecule has 0 aliphatic heterocycles. The summed E-state index contributed by atoms with van der Waals surface area (Å²) in [6.07, 6.45) is 0. The van der Waals surface area contributed by atoms with Gasteiger partial charge in [0.05, 0.1) is 12.7 Å². The van der Waals surface area contributed by atoms with Gasteiger partial charge < -0.3 is 14.5 Å². The minimum Gasteiger partial charge on any atom is -0.465 e. The van der Waals surface area contributed by atoms with Crippen LogP contribution in [0.1, 0.15) is 20.9 Å². The predicted molar refractivity (Wildman–Crippen MR) is 94.9 cm³/mol. The largest absolute Gasteiger partial charge is 0.465 e. The Morgan fingerprint density at radius 2 is 1.80 bits per heavy atom. The topological polar surface area (TPSA) is 68.5 Å². The lowest BCUT2D eigenvalue weighted by Crippen LogP contribution is -2.11. The average Bonchev–Trinajstić information content (AvgIpc) is 3.12. The van der Waals surface area contributed by atoms with Crippen molar-refractivity contribution in [2.75, 3.05) is 12.4 Å². The molecule has 0 spiro atoms. The van der Waals surface area contributed by atoms with Crippen LogP contribution in [0.4, 0.5) is 5.69 Å². The summed E-state index contributed by atoms with van der Waals surface area (Å²) in [5.74, 6) is -0.102. The van der Waals surface area contributed by atoms with Crippen molar-refractivity contribution < 1.29 is 18.7 Å². The molecule has 1 amide bonds. The number of benzene rings is 2. The Morgan fingerprint density at radius 3 is 2.48 bits per heavy atom. The molecule has 0 fully saturated rings. The van der Waals surface area contributed by atoms with E-state index in [1.807, 2.05) is 12.1 Å². The van der Waals surface area contributed by atoms with E-state index in [0.717, 1.165) is 5.56 Å². The van der Waals surface area contributed by atoms with E-state index in [0.29, 0.717) is 22.0 Å². The van der Waals surface area contributed by atoms with Crippen molar-refractivity contribution in [3.05, 3.63) is 77.0 Å². The second-order valence-electron chi connectivity index (χ2n) is 5.20. The normalized spacial score (nSPS) is 10.3. The molecule has 0 aliphatic carbocycles. The first kappa shape index (κ1) is 16.8. The number of anilines is 1. The molecule has 0 radical (unpaired) electrons. The van der Waals surface area contributed by atoms with E-state index in [9.17, 15) is 9.59 Å². The highest BCUT2D eigenvalue weighted by molar-refractivity contribution is 6.30. The van der Waals surface area contributed by atoms with Crippen LogP contribution in [0, 0.1) is 0 Å². The summed E-state index contributed by atoms with van der Waals surface area (Å²) in [7, 11) is 1.31. The summed E-state index contributed by atoms with van der Waals surface area (Å²) in [6, 6.07) is 16.8. The fourth-order valence-electron chi connectivity index (χ4n) is 2.26. The lowest BCUT2D eigenvalue weighted by molar-refractivity contribution is 0.0600. The fraction of sp³-hybridized carbons (Fsp3) is 0.0526. The second-order valence-corrected chi connectivity index (χ2v) is 5.63. The summed E-state index contributed by atoms with van der Waals surface area (Å²) < 4.78 is 10.2. The number of esters is 1. The van der Waals surface area contributed by atoms with Gasteiger partial charge in [-0.2, -0.15) is 0 Å². The second kappa shape index (κ2) is 7.23. The molecule has 126 valence electrons. The SMILES string of the molecule is COC(=O)c1ccc(NC(=O)c2ccc(-c3cccc(Cl)c3)o2)cc1. The number of amides is 1. The van der Waals surface area contributed by atoms with Crippen LogP contribution in [0.25, 0.3) is 11.3 Å². The number of methoxy groups -OCH3 is 1. The molecule has 6 heteroatoms. The zero-order valence-corrected chi connectivity index (χ0v) is 14.0. The molecule has 25 heavy (non-hydrogen) atoms. The summed E-state index contributed by atoms with van der Waals surface area (Å²) in [6.45, 7) is 0. The van der Waals surface area contributed by atoms with Crippen molar-refractivity contribution in [1.29, 1.82) is 0 Å².